The molecule has 4 nitrogen and oxygen atoms in total. The summed E-state index contributed by atoms with van der Waals surface area (Å²) in [6.07, 6.45) is 3.14. The Morgan fingerprint density at radius 1 is 1.33 bits per heavy atom. The number of thiophene rings is 1. The van der Waals surface area contributed by atoms with Crippen LogP contribution in [-0.2, 0) is 4.79 Å². The van der Waals surface area contributed by atoms with Crippen LogP contribution in [0.2, 0.25) is 0 Å². The minimum absolute atomic E-state index is 0.0643. The normalized spacial score (nSPS) is 16.1. The number of nitrogens with zero attached hydrogens (tertiary/aromatic N) is 2. The molecule has 24 heavy (non-hydrogen) atoms. The summed E-state index contributed by atoms with van der Waals surface area (Å²) in [6, 6.07) is 14.0. The zero-order chi connectivity index (χ0) is 16.9. The first kappa shape index (κ1) is 16.4. The summed E-state index contributed by atoms with van der Waals surface area (Å²) in [6.45, 7) is 3.52. The summed E-state index contributed by atoms with van der Waals surface area (Å²) in [4.78, 5) is 14.6. The standard InChI is InChI=1S/C19H19N3OS/c1-14(18(23)21-19-17(13-20)9-12-24-19)22-10-7-16(8-11-22)15-5-3-2-4-6-15/h2-7,9,12,14H,8,10-11H2,1H3,(H,21,23)/t14-/m1/s1. The van der Waals surface area contributed by atoms with Crippen molar-refractivity contribution in [3.05, 3.63) is 59.0 Å². The molecule has 0 fully saturated rings. The molecule has 2 aromatic rings. The Morgan fingerprint density at radius 3 is 2.79 bits per heavy atom. The second kappa shape index (κ2) is 7.43. The van der Waals surface area contributed by atoms with E-state index in [9.17, 15) is 4.79 Å². The summed E-state index contributed by atoms with van der Waals surface area (Å²) in [5, 5.41) is 14.4. The summed E-state index contributed by atoms with van der Waals surface area (Å²) in [7, 11) is 0. The van der Waals surface area contributed by atoms with Gasteiger partial charge in [0.05, 0.1) is 11.6 Å². The lowest BCUT2D eigenvalue weighted by Gasteiger charge is -2.31. The third kappa shape index (κ3) is 3.56. The zero-order valence-electron chi connectivity index (χ0n) is 13.5. The van der Waals surface area contributed by atoms with Gasteiger partial charge in [-0.25, -0.2) is 0 Å². The maximum absolute atomic E-state index is 12.5. The lowest BCUT2D eigenvalue weighted by molar-refractivity contribution is -0.120. The number of hydrogen-bond acceptors (Lipinski definition) is 4. The van der Waals surface area contributed by atoms with Crippen LogP contribution in [0.3, 0.4) is 0 Å². The van der Waals surface area contributed by atoms with E-state index in [-0.39, 0.29) is 11.9 Å². The molecule has 122 valence electrons. The molecule has 0 bridgehead atoms. The van der Waals surface area contributed by atoms with Crippen LogP contribution in [0.25, 0.3) is 5.57 Å². The Balaban J connectivity index is 1.62. The number of benzene rings is 1. The van der Waals surface area contributed by atoms with Crippen molar-refractivity contribution in [3.8, 4) is 6.07 Å². The fourth-order valence-electron chi connectivity index (χ4n) is 2.83. The van der Waals surface area contributed by atoms with E-state index in [0.717, 1.165) is 19.5 Å². The van der Waals surface area contributed by atoms with Crippen LogP contribution in [0.15, 0.2) is 47.9 Å². The number of carbonyl (C=O) groups excluding carboxylic acids is 1. The first-order valence-corrected chi connectivity index (χ1v) is 8.84. The highest BCUT2D eigenvalue weighted by atomic mass is 32.1. The number of hydrogen-bond donors (Lipinski definition) is 1. The van der Waals surface area contributed by atoms with Crippen LogP contribution < -0.4 is 5.32 Å². The van der Waals surface area contributed by atoms with Gasteiger partial charge in [-0.2, -0.15) is 5.26 Å². The fraction of sp³-hybridized carbons (Fsp3) is 0.263. The molecule has 0 aliphatic carbocycles. The SMILES string of the molecule is C[C@H](C(=O)Nc1sccc1C#N)N1CC=C(c2ccccc2)CC1. The van der Waals surface area contributed by atoms with Crippen molar-refractivity contribution in [1.82, 2.24) is 4.90 Å². The van der Waals surface area contributed by atoms with E-state index < -0.39 is 0 Å². The van der Waals surface area contributed by atoms with E-state index >= 15 is 0 Å². The van der Waals surface area contributed by atoms with E-state index in [2.05, 4.69) is 34.5 Å². The summed E-state index contributed by atoms with van der Waals surface area (Å²) >= 11 is 1.38. The predicted octanol–water partition coefficient (Wildman–Crippen LogP) is 3.74. The summed E-state index contributed by atoms with van der Waals surface area (Å²) in [5.41, 5.74) is 3.11. The van der Waals surface area contributed by atoms with Gasteiger partial charge in [0, 0.05) is 13.1 Å². The van der Waals surface area contributed by atoms with Crippen LogP contribution >= 0.6 is 11.3 Å². The maximum Gasteiger partial charge on any atom is 0.242 e. The second-order valence-corrected chi connectivity index (χ2v) is 6.70. The minimum atomic E-state index is -0.229. The molecule has 1 aromatic carbocycles. The molecular formula is C19H19N3OS. The molecule has 1 N–H and O–H groups in total. The first-order chi connectivity index (χ1) is 11.7. The highest BCUT2D eigenvalue weighted by Crippen LogP contribution is 2.25. The van der Waals surface area contributed by atoms with Crippen LogP contribution in [-0.4, -0.2) is 29.9 Å². The molecule has 0 unspecified atom stereocenters. The smallest absolute Gasteiger partial charge is 0.242 e. The van der Waals surface area contributed by atoms with Crippen molar-refractivity contribution >= 4 is 27.8 Å². The van der Waals surface area contributed by atoms with Crippen LogP contribution in [0.5, 0.6) is 0 Å². The highest BCUT2D eigenvalue weighted by molar-refractivity contribution is 7.14. The molecule has 0 radical (unpaired) electrons. The number of amides is 1. The second-order valence-electron chi connectivity index (χ2n) is 5.78. The molecule has 1 aromatic heterocycles. The summed E-state index contributed by atoms with van der Waals surface area (Å²) < 4.78 is 0. The molecule has 0 saturated carbocycles. The molecule has 5 heteroatoms. The zero-order valence-corrected chi connectivity index (χ0v) is 14.3. The minimum Gasteiger partial charge on any atom is -0.315 e. The molecule has 1 aliphatic rings. The van der Waals surface area contributed by atoms with Gasteiger partial charge in [0.25, 0.3) is 0 Å². The van der Waals surface area contributed by atoms with E-state index in [4.69, 9.17) is 5.26 Å². The van der Waals surface area contributed by atoms with Gasteiger partial charge >= 0.3 is 0 Å². The van der Waals surface area contributed by atoms with Crippen molar-refractivity contribution in [2.75, 3.05) is 18.4 Å². The molecule has 1 atom stereocenters. The topological polar surface area (TPSA) is 56.1 Å². The Bertz CT molecular complexity index is 788. The lowest BCUT2D eigenvalue weighted by Crippen LogP contribution is -2.44. The number of anilines is 1. The van der Waals surface area contributed by atoms with Gasteiger partial charge in [-0.1, -0.05) is 36.4 Å². The van der Waals surface area contributed by atoms with Crippen molar-refractivity contribution in [2.45, 2.75) is 19.4 Å². The van der Waals surface area contributed by atoms with Gasteiger partial charge in [-0.05, 0) is 35.9 Å². The van der Waals surface area contributed by atoms with Gasteiger partial charge < -0.3 is 5.32 Å². The number of nitrogens with one attached hydrogen (secondary N) is 1. The molecular weight excluding hydrogens is 318 g/mol. The van der Waals surface area contributed by atoms with Crippen molar-refractivity contribution in [1.29, 1.82) is 5.26 Å². The fourth-order valence-corrected chi connectivity index (χ4v) is 3.57. The van der Waals surface area contributed by atoms with Crippen LogP contribution in [0.4, 0.5) is 5.00 Å². The predicted molar refractivity (Wildman–Crippen MR) is 97.7 cm³/mol. The molecule has 0 spiro atoms. The Kier molecular flexibility index (Phi) is 5.09. The van der Waals surface area contributed by atoms with E-state index in [1.165, 1.54) is 22.5 Å². The Morgan fingerprint density at radius 2 is 2.12 bits per heavy atom. The Hall–Kier alpha value is -2.42. The van der Waals surface area contributed by atoms with Gasteiger partial charge in [0.2, 0.25) is 5.91 Å². The third-order valence-corrected chi connectivity index (χ3v) is 5.16. The molecule has 3 rings (SSSR count). The third-order valence-electron chi connectivity index (χ3n) is 4.33. The van der Waals surface area contributed by atoms with E-state index in [1.807, 2.05) is 30.5 Å². The molecule has 1 aliphatic heterocycles. The molecule has 2 heterocycles. The maximum atomic E-state index is 12.5. The average Bonchev–Trinajstić information content (AvgIpc) is 3.09. The van der Waals surface area contributed by atoms with Crippen LogP contribution in [0.1, 0.15) is 24.5 Å². The average molecular weight is 337 g/mol. The largest absolute Gasteiger partial charge is 0.315 e. The van der Waals surface area contributed by atoms with Crippen molar-refractivity contribution < 1.29 is 4.79 Å². The van der Waals surface area contributed by atoms with Crippen molar-refractivity contribution in [3.63, 3.8) is 0 Å². The molecule has 0 saturated heterocycles. The van der Waals surface area contributed by atoms with E-state index in [0.29, 0.717) is 10.6 Å². The number of rotatable bonds is 4. The van der Waals surface area contributed by atoms with Crippen LogP contribution in [0, 0.1) is 11.3 Å². The number of carbonyl (C=O) groups is 1. The first-order valence-electron chi connectivity index (χ1n) is 7.96. The van der Waals surface area contributed by atoms with Gasteiger partial charge in [0.1, 0.15) is 11.1 Å². The molecule has 1 amide bonds. The van der Waals surface area contributed by atoms with Gasteiger partial charge in [0.15, 0.2) is 0 Å². The van der Waals surface area contributed by atoms with Gasteiger partial charge in [-0.3, -0.25) is 9.69 Å². The van der Waals surface area contributed by atoms with Crippen molar-refractivity contribution in [2.24, 2.45) is 0 Å². The van der Waals surface area contributed by atoms with Gasteiger partial charge in [-0.15, -0.1) is 11.3 Å². The Labute approximate surface area is 146 Å². The quantitative estimate of drug-likeness (QED) is 0.925. The highest BCUT2D eigenvalue weighted by Gasteiger charge is 2.24. The number of nitriles is 1. The monoisotopic (exact) mass is 337 g/mol. The lowest BCUT2D eigenvalue weighted by atomic mass is 9.99. The summed E-state index contributed by atoms with van der Waals surface area (Å²) in [5.74, 6) is -0.0643. The van der Waals surface area contributed by atoms with E-state index in [1.54, 1.807) is 6.07 Å².